The van der Waals surface area contributed by atoms with E-state index >= 15 is 0 Å². The van der Waals surface area contributed by atoms with Crippen LogP contribution in [0.1, 0.15) is 5.56 Å². The predicted octanol–water partition coefficient (Wildman–Crippen LogP) is 0.903. The summed E-state index contributed by atoms with van der Waals surface area (Å²) in [7, 11) is 0. The van der Waals surface area contributed by atoms with Crippen molar-refractivity contribution in [3.63, 3.8) is 0 Å². The van der Waals surface area contributed by atoms with Crippen LogP contribution >= 0.6 is 0 Å². The predicted molar refractivity (Wildman–Crippen MR) is 47.9 cm³/mol. The van der Waals surface area contributed by atoms with Crippen LogP contribution < -0.4 is 0 Å². The molecule has 6 heteroatoms. The van der Waals surface area contributed by atoms with Gasteiger partial charge in [-0.1, -0.05) is 0 Å². The molecule has 1 heterocycles. The molecule has 1 aromatic carbocycles. The zero-order valence-corrected chi connectivity index (χ0v) is 8.43. The number of benzene rings is 1. The molecule has 0 aliphatic rings. The fourth-order valence-electron chi connectivity index (χ4n) is 1.12. The van der Waals surface area contributed by atoms with Gasteiger partial charge in [0.25, 0.3) is 0 Å². The first-order valence-electron chi connectivity index (χ1n) is 3.56. The number of rotatable bonds is 1. The molecule has 0 saturated carbocycles. The molecule has 0 spiro atoms. The summed E-state index contributed by atoms with van der Waals surface area (Å²) in [6.45, 7) is 1.88. The quantitative estimate of drug-likeness (QED) is 0.423. The Hall–Kier alpha value is -1.26. The zero-order valence-electron chi connectivity index (χ0n) is 6.72. The average Bonchev–Trinajstić information content (AvgIpc) is 2.53. The first kappa shape index (κ1) is 8.34. The SMILES string of the molecule is Cc1ccc([N+](=O)[O-])c2n[se]nc12. The van der Waals surface area contributed by atoms with Gasteiger partial charge in [-0.2, -0.15) is 0 Å². The zero-order chi connectivity index (χ0) is 9.42. The number of nitro groups is 1. The van der Waals surface area contributed by atoms with Crippen molar-refractivity contribution in [1.82, 2.24) is 7.96 Å². The van der Waals surface area contributed by atoms with Gasteiger partial charge >= 0.3 is 79.3 Å². The van der Waals surface area contributed by atoms with E-state index in [-0.39, 0.29) is 20.6 Å². The van der Waals surface area contributed by atoms with Gasteiger partial charge in [0.1, 0.15) is 0 Å². The number of non-ortho nitro benzene ring substituents is 1. The number of aryl methyl sites for hydroxylation is 1. The Morgan fingerprint density at radius 1 is 1.38 bits per heavy atom. The topological polar surface area (TPSA) is 68.9 Å². The van der Waals surface area contributed by atoms with Crippen LogP contribution in [0.25, 0.3) is 11.0 Å². The number of hydrogen-bond donors (Lipinski definition) is 0. The van der Waals surface area contributed by atoms with Crippen molar-refractivity contribution in [3.05, 3.63) is 27.8 Å². The van der Waals surface area contributed by atoms with Gasteiger partial charge in [-0.15, -0.1) is 0 Å². The number of fused-ring (bicyclic) bond motifs is 1. The summed E-state index contributed by atoms with van der Waals surface area (Å²) < 4.78 is 8.17. The average molecular weight is 242 g/mol. The second-order valence-electron chi connectivity index (χ2n) is 2.62. The maximum atomic E-state index is 10.6. The molecule has 0 bridgehead atoms. The molecule has 5 nitrogen and oxygen atoms in total. The monoisotopic (exact) mass is 243 g/mol. The van der Waals surface area contributed by atoms with Crippen LogP contribution in [0.5, 0.6) is 0 Å². The standard InChI is InChI=1S/C7H5N3O2Se/c1-4-2-3-5(10(11)12)7-6(4)8-13-9-7/h2-3H,1H3. The van der Waals surface area contributed by atoms with Crippen LogP contribution in [0, 0.1) is 17.0 Å². The second kappa shape index (κ2) is 2.90. The Morgan fingerprint density at radius 2 is 2.08 bits per heavy atom. The van der Waals surface area contributed by atoms with E-state index in [1.807, 2.05) is 6.92 Å². The summed E-state index contributed by atoms with van der Waals surface area (Å²) in [4.78, 5) is 10.2. The Morgan fingerprint density at radius 3 is 2.77 bits per heavy atom. The van der Waals surface area contributed by atoms with Crippen molar-refractivity contribution >= 4 is 31.7 Å². The van der Waals surface area contributed by atoms with Gasteiger partial charge in [0.15, 0.2) is 0 Å². The van der Waals surface area contributed by atoms with E-state index in [0.717, 1.165) is 5.56 Å². The number of nitrogens with zero attached hydrogens (tertiary/aromatic N) is 3. The third-order valence-electron chi connectivity index (χ3n) is 1.79. The molecule has 0 saturated heterocycles. The molecule has 0 unspecified atom stereocenters. The van der Waals surface area contributed by atoms with Crippen LogP contribution in [-0.4, -0.2) is 27.8 Å². The van der Waals surface area contributed by atoms with E-state index in [4.69, 9.17) is 0 Å². The molecule has 0 radical (unpaired) electrons. The van der Waals surface area contributed by atoms with Crippen LogP contribution in [0.4, 0.5) is 5.69 Å². The van der Waals surface area contributed by atoms with Crippen molar-refractivity contribution in [3.8, 4) is 0 Å². The first-order chi connectivity index (χ1) is 6.20. The fraction of sp³-hybridized carbons (Fsp3) is 0.143. The first-order valence-corrected chi connectivity index (χ1v) is 5.09. The van der Waals surface area contributed by atoms with E-state index < -0.39 is 4.92 Å². The Labute approximate surface area is 79.8 Å². The Balaban J connectivity index is 2.86. The van der Waals surface area contributed by atoms with Crippen molar-refractivity contribution in [2.75, 3.05) is 0 Å². The van der Waals surface area contributed by atoms with E-state index in [1.54, 1.807) is 6.07 Å². The van der Waals surface area contributed by atoms with Crippen molar-refractivity contribution in [2.45, 2.75) is 6.92 Å². The summed E-state index contributed by atoms with van der Waals surface area (Å²) in [5.74, 6) is 0. The van der Waals surface area contributed by atoms with Gasteiger partial charge < -0.3 is 0 Å². The third kappa shape index (κ3) is 1.24. The Bertz CT molecular complexity index is 480. The summed E-state index contributed by atoms with van der Waals surface area (Å²) >= 11 is -0.209. The van der Waals surface area contributed by atoms with Gasteiger partial charge in [0, 0.05) is 0 Å². The van der Waals surface area contributed by atoms with E-state index in [9.17, 15) is 10.1 Å². The minimum absolute atomic E-state index is 0.0590. The molecule has 0 aliphatic carbocycles. The maximum absolute atomic E-state index is 10.6. The summed E-state index contributed by atoms with van der Waals surface area (Å²) in [6, 6.07) is 3.19. The molecule has 2 aromatic rings. The van der Waals surface area contributed by atoms with E-state index in [0.29, 0.717) is 11.0 Å². The molecule has 0 fully saturated rings. The molecule has 0 N–H and O–H groups in total. The van der Waals surface area contributed by atoms with Gasteiger partial charge in [-0.3, -0.25) is 0 Å². The Kier molecular flexibility index (Phi) is 1.86. The molecule has 0 atom stereocenters. The molecule has 66 valence electrons. The molecule has 0 aliphatic heterocycles. The number of aromatic nitrogens is 2. The van der Waals surface area contributed by atoms with Gasteiger partial charge in [-0.05, 0) is 0 Å². The van der Waals surface area contributed by atoms with Crippen molar-refractivity contribution in [1.29, 1.82) is 0 Å². The number of hydrogen-bond acceptors (Lipinski definition) is 4. The molecule has 1 aromatic heterocycles. The van der Waals surface area contributed by atoms with Crippen molar-refractivity contribution < 1.29 is 4.92 Å². The van der Waals surface area contributed by atoms with Crippen LogP contribution in [-0.2, 0) is 0 Å². The summed E-state index contributed by atoms with van der Waals surface area (Å²) in [5.41, 5.74) is 2.15. The van der Waals surface area contributed by atoms with Crippen LogP contribution in [0.2, 0.25) is 0 Å². The minimum atomic E-state index is -0.418. The molecular weight excluding hydrogens is 237 g/mol. The molecule has 2 rings (SSSR count). The molecule has 13 heavy (non-hydrogen) atoms. The van der Waals surface area contributed by atoms with Gasteiger partial charge in [0.2, 0.25) is 0 Å². The second-order valence-corrected chi connectivity index (χ2v) is 3.73. The van der Waals surface area contributed by atoms with Gasteiger partial charge in [-0.25, -0.2) is 0 Å². The van der Waals surface area contributed by atoms with Gasteiger partial charge in [0.05, 0.1) is 0 Å². The number of nitro benzene ring substituents is 1. The molecular formula is C7H5N3O2Se. The summed E-state index contributed by atoms with van der Waals surface area (Å²) in [5, 5.41) is 10.6. The van der Waals surface area contributed by atoms with Crippen LogP contribution in [0.3, 0.4) is 0 Å². The van der Waals surface area contributed by atoms with E-state index in [1.165, 1.54) is 6.07 Å². The van der Waals surface area contributed by atoms with E-state index in [2.05, 4.69) is 7.96 Å². The fourth-order valence-corrected chi connectivity index (χ4v) is 2.41. The van der Waals surface area contributed by atoms with Crippen molar-refractivity contribution in [2.24, 2.45) is 0 Å². The summed E-state index contributed by atoms with van der Waals surface area (Å²) in [6.07, 6.45) is 0. The third-order valence-corrected chi connectivity index (χ3v) is 2.90. The molecule has 0 amide bonds. The van der Waals surface area contributed by atoms with Crippen LogP contribution in [0.15, 0.2) is 12.1 Å². The normalized spacial score (nSPS) is 10.5.